The molecule has 0 N–H and O–H groups in total. The van der Waals surface area contributed by atoms with E-state index in [-0.39, 0.29) is 6.10 Å². The van der Waals surface area contributed by atoms with Crippen molar-refractivity contribution in [2.75, 3.05) is 0 Å². The highest BCUT2D eigenvalue weighted by Gasteiger charge is 2.32. The molecule has 0 spiro atoms. The number of rotatable bonds is 0. The maximum Gasteiger partial charge on any atom is 0.138 e. The van der Waals surface area contributed by atoms with Crippen molar-refractivity contribution in [1.82, 2.24) is 0 Å². The second kappa shape index (κ2) is 3.95. The Labute approximate surface area is 105 Å². The summed E-state index contributed by atoms with van der Waals surface area (Å²) in [6.07, 6.45) is 13.5. The molecule has 0 bridgehead atoms. The van der Waals surface area contributed by atoms with Gasteiger partial charge in [-0.1, -0.05) is 45.7 Å². The largest absolute Gasteiger partial charge is 0.489 e. The molecule has 16 heavy (non-hydrogen) atoms. The zero-order valence-corrected chi connectivity index (χ0v) is 10.9. The highest BCUT2D eigenvalue weighted by atomic mass is 79.9. The first-order valence-electron chi connectivity index (χ1n) is 5.81. The van der Waals surface area contributed by atoms with Crippen LogP contribution >= 0.6 is 15.9 Å². The Kier molecular flexibility index (Phi) is 2.58. The van der Waals surface area contributed by atoms with Gasteiger partial charge >= 0.3 is 0 Å². The summed E-state index contributed by atoms with van der Waals surface area (Å²) in [7, 11) is 2.15. The minimum atomic E-state index is 0.244. The average molecular weight is 277 g/mol. The van der Waals surface area contributed by atoms with Gasteiger partial charge in [0, 0.05) is 5.92 Å². The summed E-state index contributed by atoms with van der Waals surface area (Å²) in [5, 5.41) is 0. The molecule has 1 heterocycles. The molecule has 0 aromatic carbocycles. The molecule has 3 unspecified atom stereocenters. The van der Waals surface area contributed by atoms with Gasteiger partial charge in [-0.2, -0.15) is 0 Å². The van der Waals surface area contributed by atoms with Crippen molar-refractivity contribution in [3.8, 4) is 0 Å². The smallest absolute Gasteiger partial charge is 0.138 e. The summed E-state index contributed by atoms with van der Waals surface area (Å²) < 4.78 is 6.10. The molecular formula is C13H14BBrO. The van der Waals surface area contributed by atoms with Crippen LogP contribution in [0.4, 0.5) is 0 Å². The van der Waals surface area contributed by atoms with Gasteiger partial charge in [0.25, 0.3) is 0 Å². The lowest BCUT2D eigenvalue weighted by atomic mass is 9.79. The molecule has 3 rings (SSSR count). The summed E-state index contributed by atoms with van der Waals surface area (Å²) in [5.41, 5.74) is 2.72. The molecule has 82 valence electrons. The molecule has 0 saturated heterocycles. The van der Waals surface area contributed by atoms with Crippen LogP contribution < -0.4 is 0 Å². The van der Waals surface area contributed by atoms with Crippen LogP contribution in [0.5, 0.6) is 0 Å². The topological polar surface area (TPSA) is 9.23 Å². The number of alkyl halides is 1. The standard InChI is InChI=1S/C13H14BBrO/c14-10-4-5-12-9(7-10)6-8-2-1-3-11(15)13(8)16-12/h1-2,4-5,7,9,11-12H,3,6,14H2. The van der Waals surface area contributed by atoms with E-state index in [0.29, 0.717) is 10.7 Å². The fraction of sp³-hybridized carbons (Fsp3) is 0.385. The monoisotopic (exact) mass is 276 g/mol. The molecule has 0 aromatic rings. The van der Waals surface area contributed by atoms with Gasteiger partial charge in [-0.3, -0.25) is 0 Å². The summed E-state index contributed by atoms with van der Waals surface area (Å²) in [4.78, 5) is 0.369. The van der Waals surface area contributed by atoms with Crippen LogP contribution in [-0.4, -0.2) is 18.8 Å². The number of halogens is 1. The molecule has 3 aliphatic rings. The zero-order chi connectivity index (χ0) is 11.1. The number of allylic oxidation sites excluding steroid dienone is 6. The van der Waals surface area contributed by atoms with Gasteiger partial charge in [-0.15, -0.1) is 0 Å². The number of fused-ring (bicyclic) bond motifs is 1. The van der Waals surface area contributed by atoms with Crippen molar-refractivity contribution < 1.29 is 4.74 Å². The zero-order valence-electron chi connectivity index (χ0n) is 9.32. The lowest BCUT2D eigenvalue weighted by molar-refractivity contribution is 0.0933. The molecular weight excluding hydrogens is 263 g/mol. The lowest BCUT2D eigenvalue weighted by Crippen LogP contribution is -2.31. The number of ether oxygens (including phenoxy) is 1. The molecule has 1 aliphatic heterocycles. The van der Waals surface area contributed by atoms with E-state index in [4.69, 9.17) is 4.74 Å². The highest BCUT2D eigenvalue weighted by molar-refractivity contribution is 9.09. The summed E-state index contributed by atoms with van der Waals surface area (Å²) >= 11 is 3.68. The minimum Gasteiger partial charge on any atom is -0.489 e. The highest BCUT2D eigenvalue weighted by Crippen LogP contribution is 2.39. The van der Waals surface area contributed by atoms with Crippen LogP contribution in [0.3, 0.4) is 0 Å². The Morgan fingerprint density at radius 3 is 3.12 bits per heavy atom. The van der Waals surface area contributed by atoms with E-state index in [0.717, 1.165) is 18.6 Å². The van der Waals surface area contributed by atoms with E-state index in [1.54, 1.807) is 0 Å². The van der Waals surface area contributed by atoms with Crippen LogP contribution in [0.25, 0.3) is 0 Å². The molecule has 0 fully saturated rings. The molecule has 0 aromatic heterocycles. The SMILES string of the molecule is BC1=CC2CC3=C(OC2C=C1)C(Br)CC=C3. The van der Waals surface area contributed by atoms with Gasteiger partial charge in [0.05, 0.1) is 4.83 Å². The van der Waals surface area contributed by atoms with Gasteiger partial charge in [0.2, 0.25) is 0 Å². The van der Waals surface area contributed by atoms with E-state index in [9.17, 15) is 0 Å². The summed E-state index contributed by atoms with van der Waals surface area (Å²) in [6, 6.07) is 0. The Hall–Kier alpha value is -0.695. The van der Waals surface area contributed by atoms with Gasteiger partial charge in [-0.05, 0) is 24.5 Å². The van der Waals surface area contributed by atoms with Gasteiger partial charge in [-0.25, -0.2) is 0 Å². The number of hydrogen-bond donors (Lipinski definition) is 0. The van der Waals surface area contributed by atoms with Crippen molar-refractivity contribution in [3.63, 3.8) is 0 Å². The quantitative estimate of drug-likeness (QED) is 0.488. The molecule has 3 atom stereocenters. The van der Waals surface area contributed by atoms with Crippen LogP contribution in [0.15, 0.2) is 47.2 Å². The normalized spacial score (nSPS) is 36.3. The first-order chi connectivity index (χ1) is 7.74. The Bertz CT molecular complexity index is 433. The van der Waals surface area contributed by atoms with E-state index in [2.05, 4.69) is 54.2 Å². The van der Waals surface area contributed by atoms with Crippen LogP contribution in [-0.2, 0) is 4.74 Å². The van der Waals surface area contributed by atoms with Crippen LogP contribution in [0.2, 0.25) is 0 Å². The minimum absolute atomic E-state index is 0.244. The third-order valence-electron chi connectivity index (χ3n) is 3.43. The Morgan fingerprint density at radius 1 is 1.38 bits per heavy atom. The van der Waals surface area contributed by atoms with Gasteiger partial charge in [0.1, 0.15) is 19.7 Å². The van der Waals surface area contributed by atoms with Gasteiger partial charge < -0.3 is 4.74 Å². The molecule has 3 heteroatoms. The fourth-order valence-corrected chi connectivity index (χ4v) is 3.24. The third-order valence-corrected chi connectivity index (χ3v) is 4.22. The fourth-order valence-electron chi connectivity index (χ4n) is 2.62. The molecule has 0 amide bonds. The molecule has 2 aliphatic carbocycles. The van der Waals surface area contributed by atoms with Crippen molar-refractivity contribution >= 4 is 23.8 Å². The maximum absolute atomic E-state index is 6.10. The first kappa shape index (κ1) is 10.5. The second-order valence-corrected chi connectivity index (χ2v) is 5.82. The van der Waals surface area contributed by atoms with E-state index < -0.39 is 0 Å². The van der Waals surface area contributed by atoms with Crippen molar-refractivity contribution in [2.45, 2.75) is 23.8 Å². The van der Waals surface area contributed by atoms with E-state index >= 15 is 0 Å². The van der Waals surface area contributed by atoms with Crippen molar-refractivity contribution in [3.05, 3.63) is 47.2 Å². The maximum atomic E-state index is 6.10. The van der Waals surface area contributed by atoms with Gasteiger partial charge in [0.15, 0.2) is 0 Å². The van der Waals surface area contributed by atoms with Crippen LogP contribution in [0.1, 0.15) is 12.8 Å². The second-order valence-electron chi connectivity index (χ2n) is 4.72. The predicted octanol–water partition coefficient (Wildman–Crippen LogP) is 2.46. The predicted molar refractivity (Wildman–Crippen MR) is 72.2 cm³/mol. The number of hydrogen-bond acceptors (Lipinski definition) is 1. The van der Waals surface area contributed by atoms with Crippen molar-refractivity contribution in [1.29, 1.82) is 0 Å². The van der Waals surface area contributed by atoms with E-state index in [1.165, 1.54) is 11.0 Å². The lowest BCUT2D eigenvalue weighted by Gasteiger charge is -2.36. The van der Waals surface area contributed by atoms with Crippen LogP contribution in [0, 0.1) is 5.92 Å². The third kappa shape index (κ3) is 1.71. The molecule has 0 saturated carbocycles. The first-order valence-corrected chi connectivity index (χ1v) is 6.72. The summed E-state index contributed by atoms with van der Waals surface area (Å²) in [6.45, 7) is 0. The van der Waals surface area contributed by atoms with E-state index in [1.807, 2.05) is 0 Å². The average Bonchev–Trinajstić information content (AvgIpc) is 2.27. The summed E-state index contributed by atoms with van der Waals surface area (Å²) in [5.74, 6) is 1.67. The Morgan fingerprint density at radius 2 is 2.25 bits per heavy atom. The van der Waals surface area contributed by atoms with Crippen molar-refractivity contribution in [2.24, 2.45) is 5.92 Å². The Balaban J connectivity index is 1.93. The molecule has 0 radical (unpaired) electrons. The molecule has 1 nitrogen and oxygen atoms in total.